The molecule has 1 aliphatic heterocycles. The molecule has 0 radical (unpaired) electrons. The Morgan fingerprint density at radius 3 is 1.91 bits per heavy atom. The summed E-state index contributed by atoms with van der Waals surface area (Å²) in [5.74, 6) is 0. The molecule has 13 rings (SSSR count). The summed E-state index contributed by atoms with van der Waals surface area (Å²) in [6, 6.07) is 75.5. The van der Waals surface area contributed by atoms with Crippen LogP contribution < -0.4 is 4.90 Å². The molecule has 0 saturated carbocycles. The number of rotatable bonds is 4. The third kappa shape index (κ3) is 4.12. The molecule has 3 heterocycles. The molecule has 1 atom stereocenters. The minimum absolute atomic E-state index is 0.602. The first-order valence-electron chi connectivity index (χ1n) is 20.0. The van der Waals surface area contributed by atoms with E-state index in [0.717, 1.165) is 33.3 Å². The molecule has 1 aliphatic carbocycles. The molecule has 2 bridgehead atoms. The molecule has 3 heteroatoms. The number of furan rings is 1. The Balaban J connectivity index is 0.994. The van der Waals surface area contributed by atoms with E-state index in [4.69, 9.17) is 4.42 Å². The standard InChI is InChI=1S/C55H34N2O/c1-2-13-38(14-3-1)56-49-22-9-5-16-41(49)44-33-36(27-31-50(44)56)35-25-29-39(30-26-35)57-51-23-10-8-20-46(51)55(45-19-7-4-15-40(45)37-28-32-52(57)48(55)34-37)47-21-12-18-43-42-17-6-11-24-53(42)58-54(43)47/h1-34H. The van der Waals surface area contributed by atoms with Gasteiger partial charge in [-0.3, -0.25) is 0 Å². The van der Waals surface area contributed by atoms with Crippen molar-refractivity contribution in [2.24, 2.45) is 0 Å². The highest BCUT2D eigenvalue weighted by atomic mass is 16.3. The lowest BCUT2D eigenvalue weighted by Crippen LogP contribution is -2.39. The van der Waals surface area contributed by atoms with Crippen molar-refractivity contribution in [1.29, 1.82) is 0 Å². The van der Waals surface area contributed by atoms with Crippen molar-refractivity contribution >= 4 is 60.8 Å². The number of aromatic nitrogens is 1. The molecule has 2 aliphatic rings. The van der Waals surface area contributed by atoms with Gasteiger partial charge in [0.1, 0.15) is 11.2 Å². The van der Waals surface area contributed by atoms with Crippen molar-refractivity contribution in [3.63, 3.8) is 0 Å². The summed E-state index contributed by atoms with van der Waals surface area (Å²) in [6.45, 7) is 0. The predicted molar refractivity (Wildman–Crippen MR) is 239 cm³/mol. The number of nitrogens with zero attached hydrogens (tertiary/aromatic N) is 2. The van der Waals surface area contributed by atoms with E-state index < -0.39 is 5.41 Å². The van der Waals surface area contributed by atoms with E-state index in [9.17, 15) is 0 Å². The smallest absolute Gasteiger partial charge is 0.140 e. The number of hydrogen-bond donors (Lipinski definition) is 0. The van der Waals surface area contributed by atoms with Crippen LogP contribution in [0.4, 0.5) is 17.1 Å². The maximum absolute atomic E-state index is 6.86. The summed E-state index contributed by atoms with van der Waals surface area (Å²) in [5, 5.41) is 4.79. The van der Waals surface area contributed by atoms with Gasteiger partial charge in [0.05, 0.1) is 27.8 Å². The second-order valence-electron chi connectivity index (χ2n) is 15.6. The number of anilines is 3. The van der Waals surface area contributed by atoms with Crippen molar-refractivity contribution in [3.05, 3.63) is 229 Å². The SMILES string of the molecule is c1ccc(-n2c3ccccc3c3cc(-c4ccc(N5c6ccccc6C6(c7cccc8c7oc7ccccc78)c7ccccc7-c7ccc5c6c7)cc4)ccc32)cc1. The van der Waals surface area contributed by atoms with E-state index >= 15 is 0 Å². The predicted octanol–water partition coefficient (Wildman–Crippen LogP) is 14.5. The molecule has 2 aromatic heterocycles. The summed E-state index contributed by atoms with van der Waals surface area (Å²) < 4.78 is 9.23. The van der Waals surface area contributed by atoms with Gasteiger partial charge >= 0.3 is 0 Å². The molecule has 270 valence electrons. The van der Waals surface area contributed by atoms with Crippen molar-refractivity contribution in [2.45, 2.75) is 5.41 Å². The van der Waals surface area contributed by atoms with Crippen molar-refractivity contribution in [3.8, 4) is 27.9 Å². The minimum atomic E-state index is -0.602. The third-order valence-electron chi connectivity index (χ3n) is 12.8. The first-order chi connectivity index (χ1) is 28.8. The molecule has 9 aromatic carbocycles. The first-order valence-corrected chi connectivity index (χ1v) is 20.0. The Bertz CT molecular complexity index is 3460. The normalized spacial score (nSPS) is 15.3. The van der Waals surface area contributed by atoms with Crippen LogP contribution >= 0.6 is 0 Å². The zero-order valence-electron chi connectivity index (χ0n) is 31.4. The van der Waals surface area contributed by atoms with Crippen molar-refractivity contribution < 1.29 is 4.42 Å². The van der Waals surface area contributed by atoms with E-state index in [1.165, 1.54) is 77.7 Å². The van der Waals surface area contributed by atoms with Gasteiger partial charge in [-0.1, -0.05) is 140 Å². The summed E-state index contributed by atoms with van der Waals surface area (Å²) in [5.41, 5.74) is 18.1. The zero-order valence-corrected chi connectivity index (χ0v) is 31.4. The van der Waals surface area contributed by atoms with Crippen LogP contribution in [0.1, 0.15) is 22.3 Å². The quantitative estimate of drug-likeness (QED) is 0.179. The highest BCUT2D eigenvalue weighted by molar-refractivity contribution is 6.11. The second kappa shape index (κ2) is 11.7. The fourth-order valence-electron chi connectivity index (χ4n) is 10.4. The molecular weight excluding hydrogens is 705 g/mol. The molecule has 3 nitrogen and oxygen atoms in total. The van der Waals surface area contributed by atoms with E-state index in [2.05, 4.69) is 216 Å². The maximum atomic E-state index is 6.86. The lowest BCUT2D eigenvalue weighted by atomic mass is 9.58. The van der Waals surface area contributed by atoms with Crippen LogP contribution in [0.25, 0.3) is 71.7 Å². The molecule has 1 unspecified atom stereocenters. The summed E-state index contributed by atoms with van der Waals surface area (Å²) in [4.78, 5) is 2.46. The van der Waals surface area contributed by atoms with Gasteiger partial charge in [0.2, 0.25) is 0 Å². The van der Waals surface area contributed by atoms with E-state index in [1.54, 1.807) is 0 Å². The minimum Gasteiger partial charge on any atom is -0.456 e. The van der Waals surface area contributed by atoms with Crippen LogP contribution in [0, 0.1) is 0 Å². The Hall–Kier alpha value is -7.62. The molecule has 0 saturated heterocycles. The Morgan fingerprint density at radius 1 is 0.362 bits per heavy atom. The Kier molecular flexibility index (Phi) is 6.37. The third-order valence-corrected chi connectivity index (χ3v) is 12.8. The van der Waals surface area contributed by atoms with Gasteiger partial charge in [-0.2, -0.15) is 0 Å². The zero-order chi connectivity index (χ0) is 38.0. The van der Waals surface area contributed by atoms with Gasteiger partial charge in [-0.15, -0.1) is 0 Å². The lowest BCUT2D eigenvalue weighted by Gasteiger charge is -2.49. The largest absolute Gasteiger partial charge is 0.456 e. The van der Waals surface area contributed by atoms with Crippen molar-refractivity contribution in [1.82, 2.24) is 4.57 Å². The van der Waals surface area contributed by atoms with Crippen LogP contribution in [-0.4, -0.2) is 4.57 Å². The second-order valence-corrected chi connectivity index (χ2v) is 15.6. The maximum Gasteiger partial charge on any atom is 0.140 e. The molecule has 11 aromatic rings. The molecule has 0 amide bonds. The monoisotopic (exact) mass is 738 g/mol. The molecule has 58 heavy (non-hydrogen) atoms. The number of para-hydroxylation sites is 5. The summed E-state index contributed by atoms with van der Waals surface area (Å²) in [6.07, 6.45) is 0. The summed E-state index contributed by atoms with van der Waals surface area (Å²) in [7, 11) is 0. The summed E-state index contributed by atoms with van der Waals surface area (Å²) >= 11 is 0. The van der Waals surface area contributed by atoms with E-state index in [-0.39, 0.29) is 0 Å². The van der Waals surface area contributed by atoms with E-state index in [1.807, 2.05) is 0 Å². The Labute approximate surface area is 335 Å². The van der Waals surface area contributed by atoms with Gasteiger partial charge in [0, 0.05) is 38.5 Å². The average molecular weight is 739 g/mol. The van der Waals surface area contributed by atoms with Crippen LogP contribution in [-0.2, 0) is 5.41 Å². The fraction of sp³-hybridized carbons (Fsp3) is 0.0182. The van der Waals surface area contributed by atoms with Crippen molar-refractivity contribution in [2.75, 3.05) is 4.90 Å². The molecule has 0 spiro atoms. The highest BCUT2D eigenvalue weighted by Gasteiger charge is 2.50. The molecule has 0 fully saturated rings. The number of hydrogen-bond acceptors (Lipinski definition) is 2. The molecule has 0 N–H and O–H groups in total. The van der Waals surface area contributed by atoms with Gasteiger partial charge in [0.15, 0.2) is 0 Å². The lowest BCUT2D eigenvalue weighted by molar-refractivity contribution is 0.642. The highest BCUT2D eigenvalue weighted by Crippen LogP contribution is 2.62. The number of fused-ring (bicyclic) bond motifs is 12. The van der Waals surface area contributed by atoms with Gasteiger partial charge in [0.25, 0.3) is 0 Å². The van der Waals surface area contributed by atoms with Gasteiger partial charge in [-0.05, 0) is 106 Å². The number of benzene rings is 9. The first kappa shape index (κ1) is 31.6. The van der Waals surface area contributed by atoms with Crippen LogP contribution in [0.15, 0.2) is 211 Å². The van der Waals surface area contributed by atoms with Crippen LogP contribution in [0.5, 0.6) is 0 Å². The molecular formula is C55H34N2O. The van der Waals surface area contributed by atoms with Gasteiger partial charge in [-0.25, -0.2) is 0 Å². The Morgan fingerprint density at radius 2 is 1.02 bits per heavy atom. The average Bonchev–Trinajstić information content (AvgIpc) is 3.84. The van der Waals surface area contributed by atoms with Crippen LogP contribution in [0.2, 0.25) is 0 Å². The fourth-order valence-corrected chi connectivity index (χ4v) is 10.4. The van der Waals surface area contributed by atoms with E-state index in [0.29, 0.717) is 0 Å². The van der Waals surface area contributed by atoms with Gasteiger partial charge < -0.3 is 13.9 Å². The van der Waals surface area contributed by atoms with Crippen LogP contribution in [0.3, 0.4) is 0 Å². The topological polar surface area (TPSA) is 21.3 Å².